The first-order valence-electron chi connectivity index (χ1n) is 7.73. The van der Waals surface area contributed by atoms with Crippen molar-refractivity contribution in [2.24, 2.45) is 5.92 Å². The van der Waals surface area contributed by atoms with Crippen LogP contribution in [0.25, 0.3) is 0 Å². The van der Waals surface area contributed by atoms with E-state index in [1.54, 1.807) is 0 Å². The third-order valence-electron chi connectivity index (χ3n) is 3.85. The molecule has 0 aliphatic heterocycles. The van der Waals surface area contributed by atoms with Crippen LogP contribution in [0.4, 0.5) is 0 Å². The fraction of sp³-hybridized carbons (Fsp3) is 1.00. The largest absolute Gasteiger partial charge is 0.304 e. The molecule has 2 nitrogen and oxygen atoms in total. The van der Waals surface area contributed by atoms with Gasteiger partial charge < -0.3 is 9.80 Å². The molecule has 0 amide bonds. The second-order valence-electron chi connectivity index (χ2n) is 5.22. The van der Waals surface area contributed by atoms with E-state index in [-0.39, 0.29) is 0 Å². The van der Waals surface area contributed by atoms with Crippen LogP contribution in [0.3, 0.4) is 0 Å². The molecular weight excluding hydrogens is 240 g/mol. The van der Waals surface area contributed by atoms with Crippen LogP contribution in [0.15, 0.2) is 0 Å². The normalized spacial score (nSPS) is 13.5. The lowest BCUT2D eigenvalue weighted by molar-refractivity contribution is 0.232. The smallest absolute Gasteiger partial charge is 0.000666 e. The lowest BCUT2D eigenvalue weighted by Gasteiger charge is -2.24. The van der Waals surface area contributed by atoms with Crippen LogP contribution in [0.5, 0.6) is 0 Å². The van der Waals surface area contributed by atoms with Gasteiger partial charge >= 0.3 is 0 Å². The molecule has 0 saturated heterocycles. The van der Waals surface area contributed by atoms with Crippen LogP contribution in [0, 0.1) is 5.92 Å². The summed E-state index contributed by atoms with van der Waals surface area (Å²) >= 11 is 4.31. The molecule has 0 bridgehead atoms. The molecule has 18 heavy (non-hydrogen) atoms. The first kappa shape index (κ1) is 18.3. The van der Waals surface area contributed by atoms with E-state index in [2.05, 4.69) is 50.1 Å². The maximum Gasteiger partial charge on any atom is -0.000666 e. The second-order valence-corrected chi connectivity index (χ2v) is 5.67. The molecule has 0 aromatic rings. The Hall–Kier alpha value is 0.270. The molecule has 0 aromatic carbocycles. The van der Waals surface area contributed by atoms with Crippen molar-refractivity contribution in [1.82, 2.24) is 9.80 Å². The van der Waals surface area contributed by atoms with Gasteiger partial charge in [-0.1, -0.05) is 27.7 Å². The van der Waals surface area contributed by atoms with Crippen molar-refractivity contribution in [3.63, 3.8) is 0 Å². The van der Waals surface area contributed by atoms with Crippen molar-refractivity contribution in [3.8, 4) is 0 Å². The van der Waals surface area contributed by atoms with E-state index in [4.69, 9.17) is 0 Å². The van der Waals surface area contributed by atoms with Crippen molar-refractivity contribution in [1.29, 1.82) is 0 Å². The van der Waals surface area contributed by atoms with Gasteiger partial charge in [0.25, 0.3) is 0 Å². The van der Waals surface area contributed by atoms with Crippen LogP contribution in [-0.4, -0.2) is 54.8 Å². The molecule has 1 unspecified atom stereocenters. The van der Waals surface area contributed by atoms with Crippen molar-refractivity contribution >= 4 is 12.6 Å². The van der Waals surface area contributed by atoms with Crippen LogP contribution in [0.2, 0.25) is 0 Å². The molecule has 0 spiro atoms. The molecule has 0 saturated carbocycles. The van der Waals surface area contributed by atoms with Gasteiger partial charge in [0.05, 0.1) is 0 Å². The van der Waals surface area contributed by atoms with E-state index in [0.717, 1.165) is 11.7 Å². The minimum Gasteiger partial charge on any atom is -0.304 e. The summed E-state index contributed by atoms with van der Waals surface area (Å²) in [6, 6.07) is 0. The Labute approximate surface area is 121 Å². The molecule has 1 atom stereocenters. The summed E-state index contributed by atoms with van der Waals surface area (Å²) in [5.41, 5.74) is 0. The summed E-state index contributed by atoms with van der Waals surface area (Å²) in [5.74, 6) is 1.84. The van der Waals surface area contributed by atoms with Gasteiger partial charge in [-0.05, 0) is 70.2 Å². The summed E-state index contributed by atoms with van der Waals surface area (Å²) in [7, 11) is 0. The van der Waals surface area contributed by atoms with Crippen LogP contribution in [0.1, 0.15) is 47.0 Å². The third kappa shape index (κ3) is 9.23. The monoisotopic (exact) mass is 274 g/mol. The van der Waals surface area contributed by atoms with E-state index in [1.165, 1.54) is 58.5 Å². The predicted octanol–water partition coefficient (Wildman–Crippen LogP) is 3.39. The molecule has 0 aliphatic rings. The zero-order chi connectivity index (χ0) is 13.8. The number of nitrogens with zero attached hydrogens (tertiary/aromatic N) is 2. The Bertz CT molecular complexity index is 172. The Morgan fingerprint density at radius 2 is 1.39 bits per heavy atom. The van der Waals surface area contributed by atoms with Gasteiger partial charge in [0.15, 0.2) is 0 Å². The Kier molecular flexibility index (Phi) is 12.5. The molecule has 110 valence electrons. The van der Waals surface area contributed by atoms with Crippen LogP contribution < -0.4 is 0 Å². The number of thiol groups is 1. The maximum atomic E-state index is 4.31. The summed E-state index contributed by atoms with van der Waals surface area (Å²) in [5, 5.41) is 0. The topological polar surface area (TPSA) is 6.48 Å². The molecule has 0 N–H and O–H groups in total. The molecule has 0 aliphatic carbocycles. The van der Waals surface area contributed by atoms with Gasteiger partial charge in [-0.15, -0.1) is 0 Å². The average Bonchev–Trinajstić information content (AvgIpc) is 2.38. The van der Waals surface area contributed by atoms with Gasteiger partial charge in [0.2, 0.25) is 0 Å². The summed E-state index contributed by atoms with van der Waals surface area (Å²) in [4.78, 5) is 5.11. The quantitative estimate of drug-likeness (QED) is 0.545. The Morgan fingerprint density at radius 3 is 1.89 bits per heavy atom. The van der Waals surface area contributed by atoms with Gasteiger partial charge in [0.1, 0.15) is 0 Å². The summed E-state index contributed by atoms with van der Waals surface area (Å²) in [6.45, 7) is 16.4. The Balaban J connectivity index is 3.69. The number of hydrogen-bond acceptors (Lipinski definition) is 3. The minimum atomic E-state index is 0.819. The van der Waals surface area contributed by atoms with E-state index < -0.39 is 0 Å². The van der Waals surface area contributed by atoms with Gasteiger partial charge in [-0.3, -0.25) is 0 Å². The highest BCUT2D eigenvalue weighted by molar-refractivity contribution is 7.80. The molecule has 0 fully saturated rings. The van der Waals surface area contributed by atoms with Crippen LogP contribution in [-0.2, 0) is 0 Å². The lowest BCUT2D eigenvalue weighted by atomic mass is 10.0. The van der Waals surface area contributed by atoms with Crippen molar-refractivity contribution in [3.05, 3.63) is 0 Å². The maximum absolute atomic E-state index is 4.31. The standard InChI is InChI=1S/C15H34N2S/c1-5-16(6-2)11-8-12-17(7-3)13-9-15(4)10-14-18/h15,18H,5-14H2,1-4H3. The van der Waals surface area contributed by atoms with E-state index in [0.29, 0.717) is 0 Å². The summed E-state index contributed by atoms with van der Waals surface area (Å²) in [6.07, 6.45) is 3.87. The fourth-order valence-electron chi connectivity index (χ4n) is 2.25. The average molecular weight is 275 g/mol. The highest BCUT2D eigenvalue weighted by Gasteiger charge is 2.07. The van der Waals surface area contributed by atoms with Crippen LogP contribution >= 0.6 is 12.6 Å². The molecular formula is C15H34N2S. The fourth-order valence-corrected chi connectivity index (χ4v) is 2.69. The Morgan fingerprint density at radius 1 is 0.833 bits per heavy atom. The van der Waals surface area contributed by atoms with Crippen molar-refractivity contribution in [2.75, 3.05) is 45.0 Å². The lowest BCUT2D eigenvalue weighted by Crippen LogP contribution is -2.31. The highest BCUT2D eigenvalue weighted by atomic mass is 32.1. The first-order valence-corrected chi connectivity index (χ1v) is 8.36. The SMILES string of the molecule is CCN(CC)CCCN(CC)CCC(C)CCS. The molecule has 0 radical (unpaired) electrons. The second kappa shape index (κ2) is 12.3. The van der Waals surface area contributed by atoms with E-state index in [9.17, 15) is 0 Å². The number of rotatable bonds is 12. The first-order chi connectivity index (χ1) is 8.67. The zero-order valence-corrected chi connectivity index (χ0v) is 13.9. The molecule has 0 aromatic heterocycles. The predicted molar refractivity (Wildman–Crippen MR) is 86.8 cm³/mol. The minimum absolute atomic E-state index is 0.819. The third-order valence-corrected chi connectivity index (χ3v) is 4.11. The summed E-state index contributed by atoms with van der Waals surface area (Å²) < 4.78 is 0. The molecule has 0 heterocycles. The molecule has 0 rings (SSSR count). The van der Waals surface area contributed by atoms with E-state index in [1.807, 2.05) is 0 Å². The zero-order valence-electron chi connectivity index (χ0n) is 13.0. The van der Waals surface area contributed by atoms with Gasteiger partial charge in [0, 0.05) is 0 Å². The number of hydrogen-bond donors (Lipinski definition) is 1. The van der Waals surface area contributed by atoms with Crippen molar-refractivity contribution < 1.29 is 0 Å². The highest BCUT2D eigenvalue weighted by Crippen LogP contribution is 2.09. The molecule has 3 heteroatoms. The van der Waals surface area contributed by atoms with Gasteiger partial charge in [-0.25, -0.2) is 0 Å². The van der Waals surface area contributed by atoms with E-state index >= 15 is 0 Å². The van der Waals surface area contributed by atoms with Crippen molar-refractivity contribution in [2.45, 2.75) is 47.0 Å². The van der Waals surface area contributed by atoms with Gasteiger partial charge in [-0.2, -0.15) is 12.6 Å².